The molecule has 0 aromatic heterocycles. The van der Waals surface area contributed by atoms with E-state index in [4.69, 9.17) is 9.47 Å². The fourth-order valence-corrected chi connectivity index (χ4v) is 11.5. The molecular formula is C36H46O4. The number of hydrogen-bond acceptors (Lipinski definition) is 4. The first-order valence-electron chi connectivity index (χ1n) is 16.7. The first-order valence-corrected chi connectivity index (χ1v) is 16.7. The lowest BCUT2D eigenvalue weighted by molar-refractivity contribution is -0.177. The molecule has 0 atom stereocenters. The summed E-state index contributed by atoms with van der Waals surface area (Å²) in [5.41, 5.74) is 2.64. The van der Waals surface area contributed by atoms with Gasteiger partial charge in [-0.3, -0.25) is 0 Å². The maximum Gasteiger partial charge on any atom is 0.338 e. The normalized spacial score (nSPS) is 43.6. The van der Waals surface area contributed by atoms with Gasteiger partial charge in [-0.2, -0.15) is 0 Å². The van der Waals surface area contributed by atoms with E-state index in [9.17, 15) is 9.59 Å². The van der Waals surface area contributed by atoms with E-state index >= 15 is 0 Å². The van der Waals surface area contributed by atoms with Crippen LogP contribution in [-0.2, 0) is 9.47 Å². The van der Waals surface area contributed by atoms with Crippen LogP contribution in [0.15, 0.2) is 23.8 Å². The van der Waals surface area contributed by atoms with Crippen LogP contribution in [0.5, 0.6) is 0 Å². The third-order valence-electron chi connectivity index (χ3n) is 13.0. The Labute approximate surface area is 239 Å². The molecule has 4 heteroatoms. The number of benzene rings is 1. The molecule has 9 fully saturated rings. The topological polar surface area (TPSA) is 52.6 Å². The van der Waals surface area contributed by atoms with Crippen molar-refractivity contribution in [1.82, 2.24) is 0 Å². The summed E-state index contributed by atoms with van der Waals surface area (Å²) in [6, 6.07) is 5.67. The van der Waals surface area contributed by atoms with Crippen LogP contribution in [0.1, 0.15) is 130 Å². The quantitative estimate of drug-likeness (QED) is 0.325. The Balaban J connectivity index is 1.09. The van der Waals surface area contributed by atoms with E-state index in [2.05, 4.69) is 19.9 Å². The smallest absolute Gasteiger partial charge is 0.338 e. The highest BCUT2D eigenvalue weighted by atomic mass is 16.6. The Morgan fingerprint density at radius 1 is 0.650 bits per heavy atom. The average molecular weight is 543 g/mol. The monoisotopic (exact) mass is 542 g/mol. The van der Waals surface area contributed by atoms with Crippen LogP contribution in [0.2, 0.25) is 0 Å². The Hall–Kier alpha value is -2.10. The molecule has 0 unspecified atom stereocenters. The number of ether oxygens (including phenoxy) is 2. The second-order valence-electron chi connectivity index (χ2n) is 15.2. The van der Waals surface area contributed by atoms with Crippen molar-refractivity contribution in [2.75, 3.05) is 0 Å². The van der Waals surface area contributed by atoms with E-state index in [1.54, 1.807) is 6.07 Å². The van der Waals surface area contributed by atoms with Crippen LogP contribution in [-0.4, -0.2) is 23.1 Å². The largest absolute Gasteiger partial charge is 0.455 e. The molecule has 1 aromatic rings. The van der Waals surface area contributed by atoms with Gasteiger partial charge >= 0.3 is 11.9 Å². The van der Waals surface area contributed by atoms with Gasteiger partial charge in [0.05, 0.1) is 11.1 Å². The Morgan fingerprint density at radius 3 is 1.35 bits per heavy atom. The zero-order chi connectivity index (χ0) is 27.2. The predicted molar refractivity (Wildman–Crippen MR) is 155 cm³/mol. The molecule has 0 N–H and O–H groups in total. The van der Waals surface area contributed by atoms with Gasteiger partial charge in [-0.15, -0.1) is 0 Å². The molecule has 0 aliphatic heterocycles. The number of hydrogen-bond donors (Lipinski definition) is 0. The summed E-state index contributed by atoms with van der Waals surface area (Å²) in [4.78, 5) is 27.9. The molecule has 9 aliphatic carbocycles. The van der Waals surface area contributed by atoms with Crippen molar-refractivity contribution in [3.8, 4) is 0 Å². The number of esters is 2. The minimum Gasteiger partial charge on any atom is -0.455 e. The number of carbonyl (C=O) groups excluding carboxylic acids is 2. The van der Waals surface area contributed by atoms with Gasteiger partial charge in [0.25, 0.3) is 0 Å². The molecule has 214 valence electrons. The Bertz CT molecular complexity index is 1110. The minimum absolute atomic E-state index is 0.251. The van der Waals surface area contributed by atoms with E-state index in [1.807, 2.05) is 12.1 Å². The van der Waals surface area contributed by atoms with Crippen molar-refractivity contribution >= 4 is 18.0 Å². The molecular weight excluding hydrogens is 496 g/mol. The molecule has 10 rings (SSSR count). The molecule has 1 aromatic carbocycles. The third kappa shape index (κ3) is 3.97. The van der Waals surface area contributed by atoms with E-state index < -0.39 is 0 Å². The first kappa shape index (κ1) is 25.6. The van der Waals surface area contributed by atoms with Crippen LogP contribution in [0, 0.1) is 47.3 Å². The fourth-order valence-electron chi connectivity index (χ4n) is 11.5. The summed E-state index contributed by atoms with van der Waals surface area (Å²) in [5.74, 6) is 4.75. The molecule has 0 heterocycles. The van der Waals surface area contributed by atoms with Crippen molar-refractivity contribution < 1.29 is 19.1 Å². The number of allylic oxidation sites excluding steroid dienone is 1. The number of rotatable bonds is 7. The second kappa shape index (κ2) is 9.20. The molecule has 9 aliphatic rings. The van der Waals surface area contributed by atoms with Crippen LogP contribution in [0.4, 0.5) is 0 Å². The van der Waals surface area contributed by atoms with Gasteiger partial charge in [-0.25, -0.2) is 9.59 Å². The lowest BCUT2D eigenvalue weighted by Crippen LogP contribution is -2.59. The minimum atomic E-state index is -0.344. The standard InChI is InChI=1S/C36H46O4/c1-3-35(29-12-23-8-24(14-29)15-30(35)13-23)39-33(37)27-10-22(7-21-5-6-21)11-28(20-27)34(38)40-36(4-2)31-16-25-9-26(18-31)19-32(36)17-25/h7,10-11,20,23-26,29-32H,3-6,8-9,12-19H2,1-2H3. The van der Waals surface area contributed by atoms with Gasteiger partial charge in [0, 0.05) is 0 Å². The lowest BCUT2D eigenvalue weighted by Gasteiger charge is -2.60. The maximum atomic E-state index is 13.9. The van der Waals surface area contributed by atoms with Crippen molar-refractivity contribution in [2.45, 2.75) is 115 Å². The summed E-state index contributed by atoms with van der Waals surface area (Å²) >= 11 is 0. The molecule has 4 nitrogen and oxygen atoms in total. The van der Waals surface area contributed by atoms with Gasteiger partial charge < -0.3 is 9.47 Å². The molecule has 0 amide bonds. The average Bonchev–Trinajstić information content (AvgIpc) is 3.76. The highest BCUT2D eigenvalue weighted by Crippen LogP contribution is 2.62. The summed E-state index contributed by atoms with van der Waals surface area (Å²) < 4.78 is 13.2. The van der Waals surface area contributed by atoms with E-state index in [-0.39, 0.29) is 23.1 Å². The SMILES string of the molecule is CCC1(OC(=O)c2cc(C=C3CC3)cc(C(=O)OC3(CC)C4CC5CC(C4)CC3C5)c2)C2CC3CC(C2)CC1C3. The molecule has 40 heavy (non-hydrogen) atoms. The first-order chi connectivity index (χ1) is 19.4. The summed E-state index contributed by atoms with van der Waals surface area (Å²) in [6.07, 6.45) is 18.6. The molecule has 9 saturated carbocycles. The fraction of sp³-hybridized carbons (Fsp3) is 0.722. The highest BCUT2D eigenvalue weighted by Gasteiger charge is 2.60. The van der Waals surface area contributed by atoms with E-state index in [0.717, 1.165) is 54.9 Å². The Morgan fingerprint density at radius 2 is 1.02 bits per heavy atom. The highest BCUT2D eigenvalue weighted by molar-refractivity contribution is 5.97. The van der Waals surface area contributed by atoms with Crippen LogP contribution >= 0.6 is 0 Å². The summed E-state index contributed by atoms with van der Waals surface area (Å²) in [6.45, 7) is 4.42. The van der Waals surface area contributed by atoms with Gasteiger partial charge in [0.2, 0.25) is 0 Å². The van der Waals surface area contributed by atoms with E-state index in [1.165, 1.54) is 69.8 Å². The summed E-state index contributed by atoms with van der Waals surface area (Å²) in [5, 5.41) is 0. The maximum absolute atomic E-state index is 13.9. The van der Waals surface area contributed by atoms with Crippen molar-refractivity contribution in [1.29, 1.82) is 0 Å². The molecule has 0 saturated heterocycles. The van der Waals surface area contributed by atoms with Gasteiger partial charge in [-0.1, -0.05) is 25.5 Å². The summed E-state index contributed by atoms with van der Waals surface area (Å²) in [7, 11) is 0. The predicted octanol–water partition coefficient (Wildman–Crippen LogP) is 8.39. The van der Waals surface area contributed by atoms with Gasteiger partial charge in [0.15, 0.2) is 0 Å². The van der Waals surface area contributed by atoms with Crippen molar-refractivity contribution in [2.24, 2.45) is 47.3 Å². The zero-order valence-corrected chi connectivity index (χ0v) is 24.5. The van der Waals surface area contributed by atoms with Crippen molar-refractivity contribution in [3.05, 3.63) is 40.5 Å². The van der Waals surface area contributed by atoms with Crippen LogP contribution in [0.25, 0.3) is 6.08 Å². The van der Waals surface area contributed by atoms with Crippen LogP contribution in [0.3, 0.4) is 0 Å². The zero-order valence-electron chi connectivity index (χ0n) is 24.5. The molecule has 0 spiro atoms. The lowest BCUT2D eigenvalue weighted by atomic mass is 9.49. The van der Waals surface area contributed by atoms with Crippen molar-refractivity contribution in [3.63, 3.8) is 0 Å². The second-order valence-corrected chi connectivity index (χ2v) is 15.2. The number of carbonyl (C=O) groups is 2. The van der Waals surface area contributed by atoms with Crippen LogP contribution < -0.4 is 0 Å². The van der Waals surface area contributed by atoms with Gasteiger partial charge in [-0.05, 0) is 161 Å². The molecule has 8 bridgehead atoms. The van der Waals surface area contributed by atoms with E-state index in [0.29, 0.717) is 34.8 Å². The van der Waals surface area contributed by atoms with Gasteiger partial charge in [0.1, 0.15) is 11.2 Å². The Kier molecular flexibility index (Phi) is 5.89. The third-order valence-corrected chi connectivity index (χ3v) is 13.0. The molecule has 0 radical (unpaired) electrons.